The van der Waals surface area contributed by atoms with Crippen molar-refractivity contribution < 1.29 is 4.42 Å². The largest absolute Gasteiger partial charge is 0.459 e. The molecule has 84 valence electrons. The van der Waals surface area contributed by atoms with E-state index in [0.29, 0.717) is 6.04 Å². The molecule has 2 nitrogen and oxygen atoms in total. The number of rotatable bonds is 3. The summed E-state index contributed by atoms with van der Waals surface area (Å²) in [6.45, 7) is 2.30. The maximum Gasteiger partial charge on any atom is 0.134 e. The summed E-state index contributed by atoms with van der Waals surface area (Å²) in [6, 6.07) is 10.7. The molecule has 0 radical (unpaired) electrons. The minimum Gasteiger partial charge on any atom is -0.459 e. The lowest BCUT2D eigenvalue weighted by atomic mass is 10.1. The van der Waals surface area contributed by atoms with Crippen LogP contribution in [-0.4, -0.2) is 7.05 Å². The van der Waals surface area contributed by atoms with Gasteiger partial charge >= 0.3 is 0 Å². The van der Waals surface area contributed by atoms with Gasteiger partial charge in [0.05, 0.1) is 6.04 Å². The summed E-state index contributed by atoms with van der Waals surface area (Å²) in [7, 11) is 2.02. The van der Waals surface area contributed by atoms with Gasteiger partial charge < -0.3 is 9.73 Å². The van der Waals surface area contributed by atoms with E-state index in [4.69, 9.17) is 4.42 Å². The first-order valence-corrected chi connectivity index (χ1v) is 5.95. The summed E-state index contributed by atoms with van der Waals surface area (Å²) >= 11 is 0. The molecule has 3 atom stereocenters. The Morgan fingerprint density at radius 2 is 2.12 bits per heavy atom. The summed E-state index contributed by atoms with van der Waals surface area (Å²) < 4.78 is 5.91. The Morgan fingerprint density at radius 3 is 2.75 bits per heavy atom. The van der Waals surface area contributed by atoms with E-state index >= 15 is 0 Å². The van der Waals surface area contributed by atoms with Crippen molar-refractivity contribution in [1.82, 2.24) is 5.32 Å². The van der Waals surface area contributed by atoms with Gasteiger partial charge in [0, 0.05) is 5.39 Å². The zero-order chi connectivity index (χ0) is 11.1. The molecule has 1 aliphatic rings. The third-order valence-corrected chi connectivity index (χ3v) is 3.66. The van der Waals surface area contributed by atoms with Gasteiger partial charge in [0.25, 0.3) is 0 Å². The molecule has 0 saturated heterocycles. The van der Waals surface area contributed by atoms with Crippen molar-refractivity contribution in [3.8, 4) is 0 Å². The fraction of sp³-hybridized carbons (Fsp3) is 0.429. The van der Waals surface area contributed by atoms with Gasteiger partial charge in [-0.3, -0.25) is 0 Å². The predicted octanol–water partition coefficient (Wildman–Crippen LogP) is 3.35. The van der Waals surface area contributed by atoms with Crippen molar-refractivity contribution in [3.63, 3.8) is 0 Å². The van der Waals surface area contributed by atoms with Crippen LogP contribution in [0.1, 0.15) is 25.1 Å². The molecule has 0 amide bonds. The zero-order valence-corrected chi connectivity index (χ0v) is 9.73. The van der Waals surface area contributed by atoms with Gasteiger partial charge in [-0.1, -0.05) is 25.1 Å². The van der Waals surface area contributed by atoms with Crippen LogP contribution in [0.5, 0.6) is 0 Å². The Morgan fingerprint density at radius 1 is 1.38 bits per heavy atom. The third kappa shape index (κ3) is 1.54. The molecule has 3 unspecified atom stereocenters. The summed E-state index contributed by atoms with van der Waals surface area (Å²) in [5.74, 6) is 2.65. The second-order valence-electron chi connectivity index (χ2n) is 4.83. The van der Waals surface area contributed by atoms with Crippen LogP contribution < -0.4 is 5.32 Å². The Hall–Kier alpha value is -1.28. The summed E-state index contributed by atoms with van der Waals surface area (Å²) in [6.07, 6.45) is 1.31. The number of benzene rings is 1. The molecule has 1 fully saturated rings. The average molecular weight is 215 g/mol. The lowest BCUT2D eigenvalue weighted by molar-refractivity contribution is 0.407. The van der Waals surface area contributed by atoms with Crippen LogP contribution in [0.25, 0.3) is 11.0 Å². The number of hydrogen-bond acceptors (Lipinski definition) is 2. The number of fused-ring (bicyclic) bond motifs is 1. The molecular formula is C14H17NO. The highest BCUT2D eigenvalue weighted by molar-refractivity contribution is 5.77. The van der Waals surface area contributed by atoms with Gasteiger partial charge in [-0.2, -0.15) is 0 Å². The van der Waals surface area contributed by atoms with Crippen LogP contribution in [-0.2, 0) is 0 Å². The number of nitrogens with one attached hydrogen (secondary N) is 1. The highest BCUT2D eigenvalue weighted by Gasteiger charge is 2.40. The molecule has 1 saturated carbocycles. The van der Waals surface area contributed by atoms with Crippen molar-refractivity contribution in [1.29, 1.82) is 0 Å². The van der Waals surface area contributed by atoms with Gasteiger partial charge in [-0.05, 0) is 37.4 Å². The monoisotopic (exact) mass is 215 g/mol. The fourth-order valence-electron chi connectivity index (χ4n) is 2.54. The quantitative estimate of drug-likeness (QED) is 0.849. The van der Waals surface area contributed by atoms with E-state index in [-0.39, 0.29) is 0 Å². The zero-order valence-electron chi connectivity index (χ0n) is 9.73. The van der Waals surface area contributed by atoms with Crippen LogP contribution in [0.4, 0.5) is 0 Å². The van der Waals surface area contributed by atoms with E-state index in [1.54, 1.807) is 0 Å². The van der Waals surface area contributed by atoms with Crippen molar-refractivity contribution in [2.75, 3.05) is 7.05 Å². The summed E-state index contributed by atoms with van der Waals surface area (Å²) in [5.41, 5.74) is 0.992. The predicted molar refractivity (Wildman–Crippen MR) is 65.3 cm³/mol. The number of furan rings is 1. The summed E-state index contributed by atoms with van der Waals surface area (Å²) in [4.78, 5) is 0. The maximum absolute atomic E-state index is 5.91. The first-order valence-electron chi connectivity index (χ1n) is 5.95. The molecule has 3 rings (SSSR count). The van der Waals surface area contributed by atoms with Crippen LogP contribution in [0.15, 0.2) is 34.7 Å². The second kappa shape index (κ2) is 3.63. The van der Waals surface area contributed by atoms with Crippen molar-refractivity contribution >= 4 is 11.0 Å². The Balaban J connectivity index is 1.97. The number of hydrogen-bond donors (Lipinski definition) is 1. The molecule has 0 bridgehead atoms. The third-order valence-electron chi connectivity index (χ3n) is 3.66. The normalized spacial score (nSPS) is 25.9. The van der Waals surface area contributed by atoms with E-state index in [1.165, 1.54) is 11.8 Å². The minimum absolute atomic E-state index is 0.377. The van der Waals surface area contributed by atoms with Crippen molar-refractivity contribution in [3.05, 3.63) is 36.1 Å². The molecule has 2 aromatic rings. The van der Waals surface area contributed by atoms with Crippen LogP contribution in [0.3, 0.4) is 0 Å². The van der Waals surface area contributed by atoms with Crippen LogP contribution in [0, 0.1) is 11.8 Å². The fourth-order valence-corrected chi connectivity index (χ4v) is 2.54. The SMILES string of the molecule is CNC(c1cc2ccccc2o1)C1CC1C. The van der Waals surface area contributed by atoms with E-state index in [0.717, 1.165) is 23.2 Å². The van der Waals surface area contributed by atoms with Gasteiger partial charge in [-0.25, -0.2) is 0 Å². The van der Waals surface area contributed by atoms with E-state index in [9.17, 15) is 0 Å². The van der Waals surface area contributed by atoms with Crippen molar-refractivity contribution in [2.45, 2.75) is 19.4 Å². The smallest absolute Gasteiger partial charge is 0.134 e. The Bertz CT molecular complexity index is 469. The molecule has 1 aliphatic carbocycles. The highest BCUT2D eigenvalue weighted by Crippen LogP contribution is 2.47. The van der Waals surface area contributed by atoms with E-state index in [1.807, 2.05) is 19.2 Å². The molecule has 0 aliphatic heterocycles. The van der Waals surface area contributed by atoms with Gasteiger partial charge in [-0.15, -0.1) is 0 Å². The van der Waals surface area contributed by atoms with Crippen LogP contribution in [0.2, 0.25) is 0 Å². The Kier molecular flexibility index (Phi) is 2.25. The molecule has 16 heavy (non-hydrogen) atoms. The molecular weight excluding hydrogens is 198 g/mol. The topological polar surface area (TPSA) is 25.2 Å². The average Bonchev–Trinajstić information content (AvgIpc) is 2.86. The first kappa shape index (κ1) is 9.91. The molecule has 1 aromatic carbocycles. The molecule has 1 aromatic heterocycles. The molecule has 1 heterocycles. The van der Waals surface area contributed by atoms with Crippen molar-refractivity contribution in [2.24, 2.45) is 11.8 Å². The molecule has 1 N–H and O–H groups in total. The lowest BCUT2D eigenvalue weighted by Gasteiger charge is -2.12. The van der Waals surface area contributed by atoms with Crippen LogP contribution >= 0.6 is 0 Å². The Labute approximate surface area is 95.6 Å². The van der Waals surface area contributed by atoms with Gasteiger partial charge in [0.15, 0.2) is 0 Å². The molecule has 2 heteroatoms. The van der Waals surface area contributed by atoms with Gasteiger partial charge in [0.1, 0.15) is 11.3 Å². The number of para-hydroxylation sites is 1. The highest BCUT2D eigenvalue weighted by atomic mass is 16.3. The maximum atomic E-state index is 5.91. The molecule has 0 spiro atoms. The summed E-state index contributed by atoms with van der Waals surface area (Å²) in [5, 5.41) is 4.58. The van der Waals surface area contributed by atoms with E-state index < -0.39 is 0 Å². The first-order chi connectivity index (χ1) is 7.79. The van der Waals surface area contributed by atoms with E-state index in [2.05, 4.69) is 30.4 Å². The minimum atomic E-state index is 0.377. The lowest BCUT2D eigenvalue weighted by Crippen LogP contribution is -2.18. The standard InChI is InChI=1S/C14H17NO/c1-9-7-11(9)14(15-2)13-8-10-5-3-4-6-12(10)16-13/h3-6,8-9,11,14-15H,7H2,1-2H3. The second-order valence-corrected chi connectivity index (χ2v) is 4.83. The van der Waals surface area contributed by atoms with Gasteiger partial charge in [0.2, 0.25) is 0 Å².